The van der Waals surface area contributed by atoms with Crippen LogP contribution in [0.15, 0.2) is 82.9 Å². The van der Waals surface area contributed by atoms with E-state index in [1.54, 1.807) is 19.4 Å². The normalized spacial score (nSPS) is 11.0. The molecule has 0 spiro atoms. The van der Waals surface area contributed by atoms with Gasteiger partial charge in [-0.15, -0.1) is 11.3 Å². The molecule has 7 nitrogen and oxygen atoms in total. The van der Waals surface area contributed by atoms with Crippen LogP contribution in [0.2, 0.25) is 0 Å². The van der Waals surface area contributed by atoms with Crippen molar-refractivity contribution in [2.75, 3.05) is 6.61 Å². The van der Waals surface area contributed by atoms with Gasteiger partial charge in [-0.3, -0.25) is 4.79 Å². The van der Waals surface area contributed by atoms with Crippen LogP contribution in [-0.4, -0.2) is 17.6 Å². The lowest BCUT2D eigenvalue weighted by atomic mass is 10.00. The average molecular weight is 529 g/mol. The number of aromatic nitrogens is 1. The molecule has 0 unspecified atom stereocenters. The van der Waals surface area contributed by atoms with Gasteiger partial charge in [-0.25, -0.2) is 4.98 Å². The third kappa shape index (κ3) is 5.88. The summed E-state index contributed by atoms with van der Waals surface area (Å²) in [5.74, 6) is 0.963. The van der Waals surface area contributed by atoms with Crippen LogP contribution in [0.3, 0.4) is 0 Å². The molecular weight excluding hydrogens is 500 g/mol. The third-order valence-corrected chi connectivity index (χ3v) is 6.80. The van der Waals surface area contributed by atoms with Crippen molar-refractivity contribution in [3.63, 3.8) is 0 Å². The quantitative estimate of drug-likeness (QED) is 0.202. The zero-order valence-corrected chi connectivity index (χ0v) is 21.8. The Morgan fingerprint density at radius 1 is 0.974 bits per heavy atom. The molecule has 5 aromatic rings. The Morgan fingerprint density at radius 2 is 1.84 bits per heavy atom. The first-order chi connectivity index (χ1) is 18.6. The molecule has 38 heavy (non-hydrogen) atoms. The van der Waals surface area contributed by atoms with Crippen LogP contribution < -0.4 is 15.2 Å². The maximum Gasteiger partial charge on any atom is 0.310 e. The summed E-state index contributed by atoms with van der Waals surface area (Å²) in [5, 5.41) is 3.69. The molecule has 2 aromatic heterocycles. The number of carbonyl (C=O) groups is 1. The molecule has 3 aromatic carbocycles. The minimum atomic E-state index is -0.288. The summed E-state index contributed by atoms with van der Waals surface area (Å²) < 4.78 is 23.5. The number of nitrogens with two attached hydrogens (primary N) is 1. The fourth-order valence-corrected chi connectivity index (χ4v) is 4.72. The number of fused-ring (bicyclic) bond motifs is 1. The van der Waals surface area contributed by atoms with Crippen molar-refractivity contribution in [2.45, 2.75) is 33.1 Å². The Bertz CT molecular complexity index is 1530. The predicted molar refractivity (Wildman–Crippen MR) is 147 cm³/mol. The molecule has 0 fully saturated rings. The minimum absolute atomic E-state index is 0.145. The van der Waals surface area contributed by atoms with Crippen molar-refractivity contribution < 1.29 is 23.4 Å². The van der Waals surface area contributed by atoms with Crippen molar-refractivity contribution in [2.24, 2.45) is 5.73 Å². The maximum absolute atomic E-state index is 12.1. The summed E-state index contributed by atoms with van der Waals surface area (Å²) in [5.41, 5.74) is 11.2. The van der Waals surface area contributed by atoms with Crippen LogP contribution in [0.4, 0.5) is 0 Å². The molecule has 0 aliphatic rings. The summed E-state index contributed by atoms with van der Waals surface area (Å²) in [7, 11) is 0. The number of para-hydroxylation sites is 1. The zero-order chi connectivity index (χ0) is 26.3. The number of ether oxygens (including phenoxy) is 3. The average Bonchev–Trinajstić information content (AvgIpc) is 3.61. The van der Waals surface area contributed by atoms with E-state index in [0.717, 1.165) is 38.2 Å². The highest BCUT2D eigenvalue weighted by atomic mass is 32.1. The van der Waals surface area contributed by atoms with Crippen molar-refractivity contribution in [1.29, 1.82) is 0 Å². The van der Waals surface area contributed by atoms with E-state index >= 15 is 0 Å². The van der Waals surface area contributed by atoms with Gasteiger partial charge in [0.2, 0.25) is 0 Å². The van der Waals surface area contributed by atoms with Gasteiger partial charge in [0.1, 0.15) is 24.0 Å². The molecule has 0 amide bonds. The van der Waals surface area contributed by atoms with E-state index in [1.165, 1.54) is 11.3 Å². The number of furan rings is 1. The maximum atomic E-state index is 12.1. The number of hydrogen-bond acceptors (Lipinski definition) is 8. The fraction of sp³-hybridized carbons (Fsp3) is 0.200. The molecule has 5 rings (SSSR count). The molecule has 0 saturated heterocycles. The van der Waals surface area contributed by atoms with Gasteiger partial charge >= 0.3 is 5.97 Å². The van der Waals surface area contributed by atoms with E-state index in [2.05, 4.69) is 17.1 Å². The van der Waals surface area contributed by atoms with Crippen molar-refractivity contribution in [3.8, 4) is 22.6 Å². The minimum Gasteiger partial charge on any atom is -0.488 e. The first-order valence-electron chi connectivity index (χ1n) is 12.4. The molecule has 0 bridgehead atoms. The topological polar surface area (TPSA) is 96.8 Å². The first-order valence-corrected chi connectivity index (χ1v) is 13.2. The number of benzene rings is 3. The molecule has 0 aliphatic heterocycles. The Labute approximate surface area is 224 Å². The van der Waals surface area contributed by atoms with Crippen molar-refractivity contribution in [1.82, 2.24) is 4.98 Å². The molecule has 2 heterocycles. The van der Waals surface area contributed by atoms with Gasteiger partial charge in [-0.1, -0.05) is 36.4 Å². The van der Waals surface area contributed by atoms with Crippen molar-refractivity contribution >= 4 is 28.3 Å². The molecule has 194 valence electrons. The summed E-state index contributed by atoms with van der Waals surface area (Å²) in [6.07, 6.45) is 3.59. The summed E-state index contributed by atoms with van der Waals surface area (Å²) in [4.78, 5) is 16.4. The zero-order valence-electron chi connectivity index (χ0n) is 21.0. The van der Waals surface area contributed by atoms with Crippen LogP contribution in [0.1, 0.15) is 28.6 Å². The number of carbonyl (C=O) groups excluding carboxylic acids is 1. The molecular formula is C30H28N2O5S. The Morgan fingerprint density at radius 3 is 2.66 bits per heavy atom. The number of nitrogens with zero attached hydrogens (tertiary/aromatic N) is 1. The molecule has 2 N–H and O–H groups in total. The molecule has 0 radical (unpaired) electrons. The first kappa shape index (κ1) is 25.5. The second-order valence-corrected chi connectivity index (χ2v) is 9.59. The van der Waals surface area contributed by atoms with E-state index in [4.69, 9.17) is 24.4 Å². The largest absolute Gasteiger partial charge is 0.488 e. The van der Waals surface area contributed by atoms with E-state index in [1.807, 2.05) is 53.9 Å². The van der Waals surface area contributed by atoms with Crippen LogP contribution in [-0.2, 0) is 35.7 Å². The lowest BCUT2D eigenvalue weighted by Crippen LogP contribution is -2.09. The summed E-state index contributed by atoms with van der Waals surface area (Å²) in [6.45, 7) is 3.18. The van der Waals surface area contributed by atoms with Crippen LogP contribution in [0.5, 0.6) is 11.5 Å². The lowest BCUT2D eigenvalue weighted by molar-refractivity contribution is -0.142. The Hall–Kier alpha value is -4.14. The SMILES string of the molecule is CCOC(=O)Cc1ccccc1OCc1coc2c(OCc3nccs3)cc(-c3cccc(CN)c3)cc12. The van der Waals surface area contributed by atoms with Crippen LogP contribution in [0.25, 0.3) is 22.1 Å². The highest BCUT2D eigenvalue weighted by Gasteiger charge is 2.17. The van der Waals surface area contributed by atoms with E-state index < -0.39 is 0 Å². The van der Waals surface area contributed by atoms with Gasteiger partial charge in [-0.05, 0) is 47.9 Å². The summed E-state index contributed by atoms with van der Waals surface area (Å²) in [6, 6.07) is 19.7. The highest BCUT2D eigenvalue weighted by Crippen LogP contribution is 2.37. The van der Waals surface area contributed by atoms with Gasteiger partial charge < -0.3 is 24.4 Å². The van der Waals surface area contributed by atoms with E-state index in [9.17, 15) is 4.79 Å². The fourth-order valence-electron chi connectivity index (χ4n) is 4.20. The smallest absolute Gasteiger partial charge is 0.310 e. The standard InChI is InChI=1S/C30H28N2O5S/c1-2-34-29(33)15-22-7-3-4-9-26(22)35-17-24-18-37-30-25(24)13-23(21-8-5-6-20(12-21)16-31)14-27(30)36-19-28-32-10-11-38-28/h3-14,18H,2,15-17,19,31H2,1H3. The van der Waals surface area contributed by atoms with Gasteiger partial charge in [0.25, 0.3) is 0 Å². The molecule has 8 heteroatoms. The number of rotatable bonds is 11. The van der Waals surface area contributed by atoms with Crippen LogP contribution in [0, 0.1) is 0 Å². The summed E-state index contributed by atoms with van der Waals surface area (Å²) >= 11 is 1.54. The van der Waals surface area contributed by atoms with Crippen molar-refractivity contribution in [3.05, 3.63) is 100 Å². The van der Waals surface area contributed by atoms with Gasteiger partial charge in [0.15, 0.2) is 11.3 Å². The molecule has 0 atom stereocenters. The second-order valence-electron chi connectivity index (χ2n) is 8.61. The van der Waals surface area contributed by atoms with E-state index in [-0.39, 0.29) is 19.0 Å². The Balaban J connectivity index is 1.47. The molecule has 0 aliphatic carbocycles. The third-order valence-electron chi connectivity index (χ3n) is 6.05. The van der Waals surface area contributed by atoms with Gasteiger partial charge in [0, 0.05) is 34.6 Å². The Kier molecular flexibility index (Phi) is 8.01. The number of esters is 1. The van der Waals surface area contributed by atoms with Gasteiger partial charge in [-0.2, -0.15) is 0 Å². The molecule has 0 saturated carbocycles. The number of hydrogen-bond donors (Lipinski definition) is 1. The predicted octanol–water partition coefficient (Wildman–Crippen LogP) is 6.28. The lowest BCUT2D eigenvalue weighted by Gasteiger charge is -2.12. The van der Waals surface area contributed by atoms with Crippen LogP contribution >= 0.6 is 11.3 Å². The van der Waals surface area contributed by atoms with E-state index in [0.29, 0.717) is 36.8 Å². The number of thiazole rings is 1. The second kappa shape index (κ2) is 11.9. The monoisotopic (exact) mass is 528 g/mol. The highest BCUT2D eigenvalue weighted by molar-refractivity contribution is 7.09. The van der Waals surface area contributed by atoms with Gasteiger partial charge in [0.05, 0.1) is 19.3 Å².